The van der Waals surface area contributed by atoms with Crippen molar-refractivity contribution < 1.29 is 9.53 Å². The van der Waals surface area contributed by atoms with Crippen LogP contribution in [-0.2, 0) is 4.79 Å². The number of hydrogen-bond donors (Lipinski definition) is 2. The zero-order valence-corrected chi connectivity index (χ0v) is 15.7. The molecule has 1 amide bonds. The van der Waals surface area contributed by atoms with E-state index in [-0.39, 0.29) is 17.9 Å². The number of benzene rings is 1. The minimum Gasteiger partial charge on any atom is -0.491 e. The average Bonchev–Trinajstić information content (AvgIpc) is 3.31. The number of amides is 1. The van der Waals surface area contributed by atoms with Crippen LogP contribution < -0.4 is 10.1 Å². The summed E-state index contributed by atoms with van der Waals surface area (Å²) < 4.78 is 5.80. The smallest absolute Gasteiger partial charge is 0.228 e. The third-order valence-corrected chi connectivity index (χ3v) is 4.92. The zero-order chi connectivity index (χ0) is 18.8. The maximum Gasteiger partial charge on any atom is 0.228 e. The number of H-pyrrole nitrogens is 1. The number of carbonyl (C=O) groups is 1. The molecule has 6 heteroatoms. The van der Waals surface area contributed by atoms with Crippen LogP contribution >= 0.6 is 0 Å². The molecule has 2 aromatic heterocycles. The van der Waals surface area contributed by atoms with Crippen molar-refractivity contribution in [3.8, 4) is 17.0 Å². The first-order chi connectivity index (χ1) is 13.1. The van der Waals surface area contributed by atoms with Crippen molar-refractivity contribution in [1.29, 1.82) is 0 Å². The Labute approximate surface area is 158 Å². The number of aromatic amines is 1. The van der Waals surface area contributed by atoms with Gasteiger partial charge in [0.15, 0.2) is 0 Å². The van der Waals surface area contributed by atoms with E-state index in [1.54, 1.807) is 6.20 Å². The second-order valence-corrected chi connectivity index (χ2v) is 7.35. The highest BCUT2D eigenvalue weighted by molar-refractivity contribution is 5.95. The van der Waals surface area contributed by atoms with E-state index in [2.05, 4.69) is 20.5 Å². The van der Waals surface area contributed by atoms with Gasteiger partial charge in [-0.1, -0.05) is 12.8 Å². The van der Waals surface area contributed by atoms with Crippen LogP contribution in [-0.4, -0.2) is 27.2 Å². The molecule has 0 spiro atoms. The van der Waals surface area contributed by atoms with Gasteiger partial charge in [-0.15, -0.1) is 0 Å². The van der Waals surface area contributed by atoms with Crippen molar-refractivity contribution in [3.63, 3.8) is 0 Å². The highest BCUT2D eigenvalue weighted by Gasteiger charge is 2.23. The predicted molar refractivity (Wildman–Crippen MR) is 106 cm³/mol. The van der Waals surface area contributed by atoms with Crippen molar-refractivity contribution in [2.45, 2.75) is 45.6 Å². The van der Waals surface area contributed by atoms with Crippen LogP contribution in [0.25, 0.3) is 22.2 Å². The first-order valence-corrected chi connectivity index (χ1v) is 9.52. The molecule has 1 aliphatic carbocycles. The van der Waals surface area contributed by atoms with Crippen LogP contribution in [0.15, 0.2) is 36.5 Å². The Hall–Kier alpha value is -2.89. The van der Waals surface area contributed by atoms with Gasteiger partial charge in [0, 0.05) is 23.1 Å². The molecule has 1 saturated carbocycles. The number of anilines is 1. The van der Waals surface area contributed by atoms with E-state index in [0.29, 0.717) is 5.82 Å². The van der Waals surface area contributed by atoms with Gasteiger partial charge in [-0.2, -0.15) is 5.10 Å². The number of hydrogen-bond acceptors (Lipinski definition) is 4. The lowest BCUT2D eigenvalue weighted by Gasteiger charge is -2.11. The summed E-state index contributed by atoms with van der Waals surface area (Å²) in [6.07, 6.45) is 6.00. The molecule has 1 aromatic carbocycles. The van der Waals surface area contributed by atoms with Crippen LogP contribution in [0.1, 0.15) is 39.5 Å². The van der Waals surface area contributed by atoms with Crippen molar-refractivity contribution in [3.05, 3.63) is 36.5 Å². The molecule has 0 saturated heterocycles. The number of carbonyl (C=O) groups excluding carboxylic acids is 1. The summed E-state index contributed by atoms with van der Waals surface area (Å²) in [5.41, 5.74) is 2.66. The Bertz CT molecular complexity index is 958. The topological polar surface area (TPSA) is 79.9 Å². The standard InChI is InChI=1S/C21H24N4O2/c1-13(2)27-16-7-8-18-17(12-16)20(25-24-18)15-9-10-22-19(11-15)23-21(26)14-5-3-4-6-14/h7-14H,3-6H2,1-2H3,(H,24,25)(H,22,23,26). The van der Waals surface area contributed by atoms with Gasteiger partial charge in [-0.3, -0.25) is 9.89 Å². The lowest BCUT2D eigenvalue weighted by molar-refractivity contribution is -0.119. The Morgan fingerprint density at radius 2 is 2.04 bits per heavy atom. The molecule has 0 bridgehead atoms. The molecule has 0 atom stereocenters. The molecular weight excluding hydrogens is 340 g/mol. The first kappa shape index (κ1) is 17.5. The van der Waals surface area contributed by atoms with Gasteiger partial charge in [0.1, 0.15) is 17.3 Å². The van der Waals surface area contributed by atoms with E-state index < -0.39 is 0 Å². The molecule has 27 heavy (non-hydrogen) atoms. The fourth-order valence-electron chi connectivity index (χ4n) is 3.62. The molecule has 6 nitrogen and oxygen atoms in total. The van der Waals surface area contributed by atoms with Crippen molar-refractivity contribution in [2.24, 2.45) is 5.92 Å². The number of nitrogens with one attached hydrogen (secondary N) is 2. The molecule has 140 valence electrons. The number of nitrogens with zero attached hydrogens (tertiary/aromatic N) is 2. The fraction of sp³-hybridized carbons (Fsp3) is 0.381. The van der Waals surface area contributed by atoms with Gasteiger partial charge in [0.2, 0.25) is 5.91 Å². The molecule has 0 unspecified atom stereocenters. The van der Waals surface area contributed by atoms with Crippen LogP contribution in [0.3, 0.4) is 0 Å². The molecule has 2 heterocycles. The van der Waals surface area contributed by atoms with E-state index in [9.17, 15) is 4.79 Å². The summed E-state index contributed by atoms with van der Waals surface area (Å²) >= 11 is 0. The minimum atomic E-state index is 0.0663. The quantitative estimate of drug-likeness (QED) is 0.696. The van der Waals surface area contributed by atoms with Gasteiger partial charge in [0.25, 0.3) is 0 Å². The van der Waals surface area contributed by atoms with Gasteiger partial charge < -0.3 is 10.1 Å². The average molecular weight is 364 g/mol. The molecule has 1 fully saturated rings. The SMILES string of the molecule is CC(C)Oc1ccc2[nH]nc(-c3ccnc(NC(=O)C4CCCC4)c3)c2c1. The zero-order valence-electron chi connectivity index (χ0n) is 15.7. The molecule has 4 rings (SSSR count). The summed E-state index contributed by atoms with van der Waals surface area (Å²) in [5.74, 6) is 1.55. The van der Waals surface area contributed by atoms with E-state index in [0.717, 1.165) is 53.6 Å². The normalized spacial score (nSPS) is 14.8. The van der Waals surface area contributed by atoms with Crippen LogP contribution in [0.4, 0.5) is 5.82 Å². The summed E-state index contributed by atoms with van der Waals surface area (Å²) in [7, 11) is 0. The molecule has 1 aliphatic rings. The van der Waals surface area contributed by atoms with Crippen molar-refractivity contribution in [2.75, 3.05) is 5.32 Å². The highest BCUT2D eigenvalue weighted by atomic mass is 16.5. The van der Waals surface area contributed by atoms with Gasteiger partial charge >= 0.3 is 0 Å². The van der Waals surface area contributed by atoms with Crippen molar-refractivity contribution in [1.82, 2.24) is 15.2 Å². The monoisotopic (exact) mass is 364 g/mol. The number of aromatic nitrogens is 3. The number of ether oxygens (including phenoxy) is 1. The number of rotatable bonds is 5. The number of pyridine rings is 1. The summed E-state index contributed by atoms with van der Waals surface area (Å²) in [6.45, 7) is 4.01. The maximum absolute atomic E-state index is 12.4. The van der Waals surface area contributed by atoms with E-state index >= 15 is 0 Å². The van der Waals surface area contributed by atoms with E-state index in [1.165, 1.54) is 0 Å². The van der Waals surface area contributed by atoms with Crippen LogP contribution in [0, 0.1) is 5.92 Å². The summed E-state index contributed by atoms with van der Waals surface area (Å²) in [5, 5.41) is 11.5. The summed E-state index contributed by atoms with van der Waals surface area (Å²) in [6, 6.07) is 9.66. The molecule has 0 radical (unpaired) electrons. The Balaban J connectivity index is 1.62. The Morgan fingerprint density at radius 3 is 2.81 bits per heavy atom. The van der Waals surface area contributed by atoms with Gasteiger partial charge in [-0.05, 0) is 57.0 Å². The second kappa shape index (κ2) is 7.39. The fourth-order valence-corrected chi connectivity index (χ4v) is 3.62. The third kappa shape index (κ3) is 3.79. The second-order valence-electron chi connectivity index (χ2n) is 7.35. The minimum absolute atomic E-state index is 0.0663. The first-order valence-electron chi connectivity index (χ1n) is 9.52. The number of fused-ring (bicyclic) bond motifs is 1. The van der Waals surface area contributed by atoms with Crippen LogP contribution in [0.2, 0.25) is 0 Å². The third-order valence-electron chi connectivity index (χ3n) is 4.92. The maximum atomic E-state index is 12.4. The lowest BCUT2D eigenvalue weighted by Crippen LogP contribution is -2.20. The molecule has 0 aliphatic heterocycles. The van der Waals surface area contributed by atoms with Gasteiger partial charge in [-0.25, -0.2) is 4.98 Å². The van der Waals surface area contributed by atoms with Crippen molar-refractivity contribution >= 4 is 22.6 Å². The summed E-state index contributed by atoms with van der Waals surface area (Å²) in [4.78, 5) is 16.7. The van der Waals surface area contributed by atoms with E-state index in [4.69, 9.17) is 4.74 Å². The predicted octanol–water partition coefficient (Wildman–Crippen LogP) is 4.54. The molecular formula is C21H24N4O2. The Kier molecular flexibility index (Phi) is 4.79. The molecule has 2 N–H and O–H groups in total. The van der Waals surface area contributed by atoms with Crippen LogP contribution in [0.5, 0.6) is 5.75 Å². The lowest BCUT2D eigenvalue weighted by atomic mass is 10.1. The van der Waals surface area contributed by atoms with E-state index in [1.807, 2.05) is 44.2 Å². The van der Waals surface area contributed by atoms with Gasteiger partial charge in [0.05, 0.1) is 11.6 Å². The molecule has 3 aromatic rings. The largest absolute Gasteiger partial charge is 0.491 e. The Morgan fingerprint density at radius 1 is 1.22 bits per heavy atom. The highest BCUT2D eigenvalue weighted by Crippen LogP contribution is 2.31.